The minimum atomic E-state index is -0.241. The van der Waals surface area contributed by atoms with Gasteiger partial charge in [0.1, 0.15) is 24.2 Å². The molecule has 0 bridgehead atoms. The van der Waals surface area contributed by atoms with Gasteiger partial charge in [-0.05, 0) is 79.9 Å². The third-order valence-corrected chi connectivity index (χ3v) is 9.84. The van der Waals surface area contributed by atoms with Gasteiger partial charge >= 0.3 is 0 Å². The predicted octanol–water partition coefficient (Wildman–Crippen LogP) is 7.83. The molecule has 2 heterocycles. The Morgan fingerprint density at radius 2 is 1.71 bits per heavy atom. The van der Waals surface area contributed by atoms with E-state index in [1.54, 1.807) is 43.3 Å². The van der Waals surface area contributed by atoms with E-state index < -0.39 is 0 Å². The molecule has 52 heavy (non-hydrogen) atoms. The lowest BCUT2D eigenvalue weighted by atomic mass is 9.78. The lowest BCUT2D eigenvalue weighted by molar-refractivity contribution is 0.0733. The Balaban J connectivity index is 0.996. The van der Waals surface area contributed by atoms with E-state index in [9.17, 15) is 9.59 Å². The summed E-state index contributed by atoms with van der Waals surface area (Å²) in [6.07, 6.45) is 6.06. The van der Waals surface area contributed by atoms with Crippen LogP contribution in [0.3, 0.4) is 0 Å². The first-order valence-corrected chi connectivity index (χ1v) is 17.8. The molecule has 0 aliphatic heterocycles. The van der Waals surface area contributed by atoms with Gasteiger partial charge in [0.15, 0.2) is 12.1 Å². The molecular weight excluding hydrogens is 656 g/mol. The molecule has 0 saturated heterocycles. The second-order valence-electron chi connectivity index (χ2n) is 14.0. The first-order valence-electron chi connectivity index (χ1n) is 17.8. The summed E-state index contributed by atoms with van der Waals surface area (Å²) in [4.78, 5) is 39.5. The summed E-state index contributed by atoms with van der Waals surface area (Å²) in [6, 6.07) is 23.9. The minimum absolute atomic E-state index is 0.0947. The van der Waals surface area contributed by atoms with E-state index in [1.807, 2.05) is 37.3 Å². The van der Waals surface area contributed by atoms with Crippen LogP contribution < -0.4 is 14.8 Å². The zero-order valence-corrected chi connectivity index (χ0v) is 30.6. The van der Waals surface area contributed by atoms with E-state index in [-0.39, 0.29) is 42.0 Å². The number of hydrogen-bond donors (Lipinski definition) is 1. The molecule has 2 aromatic heterocycles. The maximum Gasteiger partial charge on any atom is 0.295 e. The van der Waals surface area contributed by atoms with Crippen LogP contribution in [-0.2, 0) is 12.0 Å². The van der Waals surface area contributed by atoms with E-state index in [4.69, 9.17) is 14.0 Å². The van der Waals surface area contributed by atoms with Gasteiger partial charge < -0.3 is 24.2 Å². The lowest BCUT2D eigenvalue weighted by Crippen LogP contribution is -2.42. The van der Waals surface area contributed by atoms with Crippen molar-refractivity contribution >= 4 is 17.9 Å². The molecule has 11 nitrogen and oxygen atoms in total. The Morgan fingerprint density at radius 1 is 1.02 bits per heavy atom. The van der Waals surface area contributed by atoms with Gasteiger partial charge in [-0.2, -0.15) is 4.98 Å². The van der Waals surface area contributed by atoms with Crippen molar-refractivity contribution in [1.29, 1.82) is 0 Å². The zero-order chi connectivity index (χ0) is 36.8. The lowest BCUT2D eigenvalue weighted by Gasteiger charge is -2.36. The fourth-order valence-corrected chi connectivity index (χ4v) is 6.35. The Bertz CT molecular complexity index is 1990. The number of anilines is 1. The van der Waals surface area contributed by atoms with Gasteiger partial charge in [0.05, 0.1) is 11.3 Å². The second-order valence-corrected chi connectivity index (χ2v) is 14.0. The molecule has 0 spiro atoms. The van der Waals surface area contributed by atoms with Crippen LogP contribution in [0.25, 0.3) is 11.7 Å². The fourth-order valence-electron chi connectivity index (χ4n) is 6.35. The van der Waals surface area contributed by atoms with E-state index in [1.165, 1.54) is 5.56 Å². The highest BCUT2D eigenvalue weighted by molar-refractivity contribution is 6.02. The molecule has 1 aliphatic rings. The summed E-state index contributed by atoms with van der Waals surface area (Å²) < 4.78 is 17.5. The topological polar surface area (TPSA) is 133 Å². The summed E-state index contributed by atoms with van der Waals surface area (Å²) in [5.74, 6) is 2.61. The Kier molecular flexibility index (Phi) is 11.0. The first-order chi connectivity index (χ1) is 25.0. The molecule has 11 heteroatoms. The number of nitrogens with one attached hydrogen (secondary N) is 1. The van der Waals surface area contributed by atoms with Crippen LogP contribution in [0.2, 0.25) is 0 Å². The summed E-state index contributed by atoms with van der Waals surface area (Å²) >= 11 is 0. The van der Waals surface area contributed by atoms with Crippen molar-refractivity contribution in [3.63, 3.8) is 0 Å². The van der Waals surface area contributed by atoms with Crippen molar-refractivity contribution in [2.75, 3.05) is 12.4 Å². The van der Waals surface area contributed by atoms with Crippen LogP contribution in [0, 0.1) is 6.92 Å². The number of nitrogens with zero attached hydrogens (tertiary/aromatic N) is 5. The van der Waals surface area contributed by atoms with Crippen LogP contribution in [-0.4, -0.2) is 62.4 Å². The van der Waals surface area contributed by atoms with E-state index in [0.717, 1.165) is 54.7 Å². The third kappa shape index (κ3) is 8.30. The number of aryl methyl sites for hydroxylation is 1. The van der Waals surface area contributed by atoms with Gasteiger partial charge in [0, 0.05) is 54.8 Å². The number of amides is 1. The Hall–Kier alpha value is -5.58. The molecule has 5 aromatic rings. The van der Waals surface area contributed by atoms with Gasteiger partial charge in [-0.3, -0.25) is 9.59 Å². The van der Waals surface area contributed by atoms with Gasteiger partial charge in [-0.15, -0.1) is 0 Å². The minimum Gasteiger partial charge on any atom is -0.490 e. The van der Waals surface area contributed by atoms with Crippen LogP contribution in [0.4, 0.5) is 5.69 Å². The summed E-state index contributed by atoms with van der Waals surface area (Å²) in [6.45, 7) is 10.6. The quantitative estimate of drug-likeness (QED) is 0.108. The number of benzene rings is 3. The molecule has 0 radical (unpaired) electrons. The van der Waals surface area contributed by atoms with Crippen molar-refractivity contribution in [2.24, 2.45) is 0 Å². The van der Waals surface area contributed by atoms with Crippen molar-refractivity contribution in [1.82, 2.24) is 25.0 Å². The number of ether oxygens (including phenoxy) is 2. The predicted molar refractivity (Wildman–Crippen MR) is 199 cm³/mol. The maximum absolute atomic E-state index is 13.2. The number of hydrogen-bond acceptors (Lipinski definition) is 10. The maximum atomic E-state index is 13.2. The number of aromatic nitrogens is 4. The van der Waals surface area contributed by atoms with Crippen molar-refractivity contribution < 1.29 is 23.6 Å². The number of carbonyl (C=O) groups is 2. The highest BCUT2D eigenvalue weighted by atomic mass is 16.5. The van der Waals surface area contributed by atoms with E-state index >= 15 is 0 Å². The molecule has 1 amide bonds. The van der Waals surface area contributed by atoms with Crippen LogP contribution in [0.15, 0.2) is 83.5 Å². The van der Waals surface area contributed by atoms with Crippen LogP contribution >= 0.6 is 0 Å². The highest BCUT2D eigenvalue weighted by Gasteiger charge is 2.32. The van der Waals surface area contributed by atoms with Gasteiger partial charge in [0.25, 0.3) is 11.8 Å². The van der Waals surface area contributed by atoms with E-state index in [0.29, 0.717) is 28.5 Å². The van der Waals surface area contributed by atoms with Crippen LogP contribution in [0.5, 0.6) is 11.5 Å². The summed E-state index contributed by atoms with van der Waals surface area (Å²) in [5.41, 5.74) is 4.45. The standard InChI is InChI=1S/C41H46N6O5/c1-7-8-26(2)47(6)40(49)37-23-31(14-9-28(37)24-48)44-33-21-36(22-33)51-35-17-12-30(13-18-35)41(4,5)29-10-15-34(16-11-29)50-25-32-19-20-42-38(45-32)39-43-27(3)46-52-39/h9-20,23-24,26,33,36,44H,7-8,21-22,25H2,1-6H3. The van der Waals surface area contributed by atoms with Crippen LogP contribution in [0.1, 0.15) is 96.7 Å². The average Bonchev–Trinajstić information content (AvgIpc) is 3.59. The molecule has 1 unspecified atom stereocenters. The number of rotatable bonds is 15. The molecule has 1 atom stereocenters. The largest absolute Gasteiger partial charge is 0.490 e. The molecule has 3 aromatic carbocycles. The third-order valence-electron chi connectivity index (χ3n) is 9.84. The zero-order valence-electron chi connectivity index (χ0n) is 30.6. The summed E-state index contributed by atoms with van der Waals surface area (Å²) in [7, 11) is 1.80. The molecule has 6 rings (SSSR count). The molecule has 1 saturated carbocycles. The molecule has 1 N–H and O–H groups in total. The molecular formula is C41H46N6O5. The van der Waals surface area contributed by atoms with Gasteiger partial charge in [0.2, 0.25) is 5.82 Å². The fraction of sp³-hybridized carbons (Fsp3) is 0.366. The molecule has 1 fully saturated rings. The molecule has 1 aliphatic carbocycles. The second kappa shape index (κ2) is 15.8. The van der Waals surface area contributed by atoms with Crippen molar-refractivity contribution in [2.45, 2.75) is 90.5 Å². The number of carbonyl (C=O) groups excluding carboxylic acids is 2. The SMILES string of the molecule is CCCC(C)N(C)C(=O)c1cc(NC2CC(Oc3ccc(C(C)(C)c4ccc(OCc5ccnc(-c6nc(C)no6)n5)cc4)cc3)C2)ccc1C=O. The van der Waals surface area contributed by atoms with E-state index in [2.05, 4.69) is 70.5 Å². The normalized spacial score (nSPS) is 16.0. The van der Waals surface area contributed by atoms with Crippen molar-refractivity contribution in [3.05, 3.63) is 113 Å². The summed E-state index contributed by atoms with van der Waals surface area (Å²) in [5, 5.41) is 7.32. The van der Waals surface area contributed by atoms with Gasteiger partial charge in [-0.1, -0.05) is 56.6 Å². The number of aldehydes is 1. The monoisotopic (exact) mass is 702 g/mol. The van der Waals surface area contributed by atoms with Gasteiger partial charge in [-0.25, -0.2) is 9.97 Å². The van der Waals surface area contributed by atoms with Crippen molar-refractivity contribution in [3.8, 4) is 23.2 Å². The Morgan fingerprint density at radius 3 is 2.35 bits per heavy atom. The smallest absolute Gasteiger partial charge is 0.295 e. The molecule has 270 valence electrons. The highest BCUT2D eigenvalue weighted by Crippen LogP contribution is 2.35. The first kappa shape index (κ1) is 36.2. The Labute approximate surface area is 304 Å². The average molecular weight is 703 g/mol.